The largest absolute Gasteiger partial charge is 0.356 e. The van der Waals surface area contributed by atoms with Crippen LogP contribution < -0.4 is 5.32 Å². The lowest BCUT2D eigenvalue weighted by atomic mass is 10.2. The summed E-state index contributed by atoms with van der Waals surface area (Å²) in [6, 6.07) is -0.0205. The monoisotopic (exact) mass is 406 g/mol. The number of hydrogen-bond acceptors (Lipinski definition) is 5. The number of nitrogens with one attached hydrogen (secondary N) is 1. The predicted molar refractivity (Wildman–Crippen MR) is 115 cm³/mol. The molecule has 28 heavy (non-hydrogen) atoms. The molecule has 0 spiro atoms. The van der Waals surface area contributed by atoms with E-state index in [0.29, 0.717) is 5.91 Å². The van der Waals surface area contributed by atoms with Crippen molar-refractivity contribution in [2.75, 3.05) is 52.9 Å². The van der Waals surface area contributed by atoms with E-state index in [1.165, 1.54) is 9.88 Å². The van der Waals surface area contributed by atoms with Gasteiger partial charge < -0.3 is 15.1 Å². The molecule has 8 heteroatoms. The number of hydrogen-bond donors (Lipinski definition) is 1. The maximum absolute atomic E-state index is 12.6. The Morgan fingerprint density at radius 1 is 1.21 bits per heavy atom. The number of carbonyl (C=O) groups excluding carboxylic acids is 1. The van der Waals surface area contributed by atoms with Gasteiger partial charge in [-0.1, -0.05) is 6.92 Å². The lowest BCUT2D eigenvalue weighted by molar-refractivity contribution is -0.135. The Labute approximate surface area is 172 Å². The van der Waals surface area contributed by atoms with Crippen LogP contribution in [0.5, 0.6) is 0 Å². The smallest absolute Gasteiger partial charge is 0.239 e. The molecule has 0 saturated carbocycles. The Bertz CT molecular complexity index is 661. The van der Waals surface area contributed by atoms with Crippen LogP contribution in [0.3, 0.4) is 0 Å². The molecule has 1 aromatic heterocycles. The normalized spacial score (nSPS) is 19.9. The summed E-state index contributed by atoms with van der Waals surface area (Å²) in [5.41, 5.74) is 0. The molecule has 1 aromatic rings. The topological polar surface area (TPSA) is 64.1 Å². The van der Waals surface area contributed by atoms with E-state index in [0.717, 1.165) is 77.5 Å². The van der Waals surface area contributed by atoms with Gasteiger partial charge in [-0.3, -0.25) is 14.7 Å². The van der Waals surface area contributed by atoms with Crippen molar-refractivity contribution in [1.29, 1.82) is 0 Å². The van der Waals surface area contributed by atoms with E-state index in [-0.39, 0.29) is 6.04 Å². The van der Waals surface area contributed by atoms with Gasteiger partial charge in [0.05, 0.1) is 11.0 Å². The lowest BCUT2D eigenvalue weighted by Gasteiger charge is -2.39. The highest BCUT2D eigenvalue weighted by Gasteiger charge is 2.30. The van der Waals surface area contributed by atoms with Crippen LogP contribution in [0.15, 0.2) is 11.2 Å². The first-order valence-corrected chi connectivity index (χ1v) is 11.4. The highest BCUT2D eigenvalue weighted by atomic mass is 32.1. The van der Waals surface area contributed by atoms with Crippen LogP contribution in [0.4, 0.5) is 0 Å². The van der Waals surface area contributed by atoms with Crippen molar-refractivity contribution < 1.29 is 4.79 Å². The zero-order chi connectivity index (χ0) is 19.9. The molecule has 2 aliphatic heterocycles. The summed E-state index contributed by atoms with van der Waals surface area (Å²) in [6.45, 7) is 10.5. The fraction of sp³-hybridized carbons (Fsp3) is 0.750. The van der Waals surface area contributed by atoms with E-state index in [2.05, 4.69) is 38.9 Å². The summed E-state index contributed by atoms with van der Waals surface area (Å²) >= 11 is 1.80. The average molecular weight is 407 g/mol. The van der Waals surface area contributed by atoms with Crippen molar-refractivity contribution in [3.63, 3.8) is 0 Å². The highest BCUT2D eigenvalue weighted by Crippen LogP contribution is 2.15. The first-order chi connectivity index (χ1) is 13.6. The van der Waals surface area contributed by atoms with Gasteiger partial charge in [0.25, 0.3) is 0 Å². The molecular weight excluding hydrogens is 372 g/mol. The summed E-state index contributed by atoms with van der Waals surface area (Å²) in [5.74, 6) is 1.24. The maximum atomic E-state index is 12.6. The molecule has 1 N–H and O–H groups in total. The molecule has 1 amide bonds. The first kappa shape index (κ1) is 21.0. The van der Waals surface area contributed by atoms with Crippen molar-refractivity contribution in [1.82, 2.24) is 25.0 Å². The molecule has 2 fully saturated rings. The SMILES string of the molecule is CCc1cnc(CCNC(=NC)N2CCN(C(C)C(=O)N3CCCC3)CC2)s1. The van der Waals surface area contributed by atoms with Gasteiger partial charge in [-0.2, -0.15) is 0 Å². The minimum absolute atomic E-state index is 0.0205. The number of aryl methyl sites for hydroxylation is 1. The zero-order valence-electron chi connectivity index (χ0n) is 17.5. The number of piperazine rings is 1. The van der Waals surface area contributed by atoms with Crippen LogP contribution in [0.25, 0.3) is 0 Å². The van der Waals surface area contributed by atoms with Gasteiger partial charge in [0.15, 0.2) is 5.96 Å². The van der Waals surface area contributed by atoms with Gasteiger partial charge in [-0.25, -0.2) is 4.98 Å². The Hall–Kier alpha value is -1.67. The molecule has 0 bridgehead atoms. The molecule has 0 aromatic carbocycles. The summed E-state index contributed by atoms with van der Waals surface area (Å²) in [5, 5.41) is 4.65. The number of carbonyl (C=O) groups is 1. The Morgan fingerprint density at radius 2 is 1.93 bits per heavy atom. The van der Waals surface area contributed by atoms with E-state index in [9.17, 15) is 4.79 Å². The zero-order valence-corrected chi connectivity index (χ0v) is 18.3. The number of guanidine groups is 1. The minimum atomic E-state index is -0.0205. The summed E-state index contributed by atoms with van der Waals surface area (Å²) in [7, 11) is 1.84. The van der Waals surface area contributed by atoms with Gasteiger partial charge in [0, 0.05) is 70.4 Å². The number of likely N-dealkylation sites (tertiary alicyclic amines) is 1. The number of aliphatic imine (C=N–C) groups is 1. The molecule has 2 aliphatic rings. The van der Waals surface area contributed by atoms with E-state index < -0.39 is 0 Å². The fourth-order valence-electron chi connectivity index (χ4n) is 3.92. The van der Waals surface area contributed by atoms with E-state index >= 15 is 0 Å². The molecule has 3 heterocycles. The van der Waals surface area contributed by atoms with E-state index in [1.807, 2.05) is 18.1 Å². The van der Waals surface area contributed by atoms with Gasteiger partial charge in [0.1, 0.15) is 0 Å². The minimum Gasteiger partial charge on any atom is -0.356 e. The van der Waals surface area contributed by atoms with Crippen molar-refractivity contribution in [2.45, 2.75) is 45.6 Å². The van der Waals surface area contributed by atoms with Crippen molar-refractivity contribution in [2.24, 2.45) is 4.99 Å². The second kappa shape index (κ2) is 10.2. The molecule has 0 radical (unpaired) electrons. The Balaban J connectivity index is 1.42. The number of aromatic nitrogens is 1. The fourth-order valence-corrected chi connectivity index (χ4v) is 4.78. The van der Waals surface area contributed by atoms with Gasteiger partial charge >= 0.3 is 0 Å². The lowest BCUT2D eigenvalue weighted by Crippen LogP contribution is -2.57. The third kappa shape index (κ3) is 5.23. The molecule has 3 rings (SSSR count). The molecule has 2 saturated heterocycles. The third-order valence-electron chi connectivity index (χ3n) is 5.72. The number of rotatable bonds is 6. The molecule has 156 valence electrons. The first-order valence-electron chi connectivity index (χ1n) is 10.5. The van der Waals surface area contributed by atoms with Crippen LogP contribution in [-0.2, 0) is 17.6 Å². The highest BCUT2D eigenvalue weighted by molar-refractivity contribution is 7.11. The second-order valence-corrected chi connectivity index (χ2v) is 8.73. The Kier molecular flexibility index (Phi) is 7.67. The maximum Gasteiger partial charge on any atom is 0.239 e. The number of thiazole rings is 1. The standard InChI is InChI=1S/C20H34N6OS/c1-4-17-15-23-18(28-17)7-8-22-20(21-3)26-13-11-24(12-14-26)16(2)19(27)25-9-5-6-10-25/h15-16H,4-14H2,1-3H3,(H,21,22). The quantitative estimate of drug-likeness (QED) is 0.572. The predicted octanol–water partition coefficient (Wildman–Crippen LogP) is 1.45. The van der Waals surface area contributed by atoms with Gasteiger partial charge in [-0.05, 0) is 26.2 Å². The number of nitrogens with zero attached hydrogens (tertiary/aromatic N) is 5. The average Bonchev–Trinajstić information content (AvgIpc) is 3.42. The molecule has 0 aliphatic carbocycles. The second-order valence-electron chi connectivity index (χ2n) is 7.53. The van der Waals surface area contributed by atoms with Crippen LogP contribution in [0, 0.1) is 0 Å². The number of amides is 1. The van der Waals surface area contributed by atoms with Crippen LogP contribution in [0.1, 0.15) is 36.6 Å². The summed E-state index contributed by atoms with van der Waals surface area (Å²) in [6.07, 6.45) is 6.25. The molecule has 1 unspecified atom stereocenters. The van der Waals surface area contributed by atoms with Gasteiger partial charge in [-0.15, -0.1) is 11.3 Å². The molecule has 7 nitrogen and oxygen atoms in total. The third-order valence-corrected chi connectivity index (χ3v) is 6.92. The molecule has 1 atom stereocenters. The van der Waals surface area contributed by atoms with Crippen LogP contribution >= 0.6 is 11.3 Å². The van der Waals surface area contributed by atoms with Crippen LogP contribution in [0.2, 0.25) is 0 Å². The van der Waals surface area contributed by atoms with Gasteiger partial charge in [0.2, 0.25) is 5.91 Å². The Morgan fingerprint density at radius 3 is 2.54 bits per heavy atom. The van der Waals surface area contributed by atoms with Crippen molar-refractivity contribution >= 4 is 23.2 Å². The summed E-state index contributed by atoms with van der Waals surface area (Å²) in [4.78, 5) is 29.6. The van der Waals surface area contributed by atoms with E-state index in [1.54, 1.807) is 11.3 Å². The van der Waals surface area contributed by atoms with Crippen molar-refractivity contribution in [3.05, 3.63) is 16.1 Å². The van der Waals surface area contributed by atoms with E-state index in [4.69, 9.17) is 0 Å². The summed E-state index contributed by atoms with van der Waals surface area (Å²) < 4.78 is 0. The van der Waals surface area contributed by atoms with Crippen molar-refractivity contribution in [3.8, 4) is 0 Å². The van der Waals surface area contributed by atoms with Crippen LogP contribution in [-0.4, -0.2) is 90.5 Å². The molecular formula is C20H34N6OS.